The zero-order chi connectivity index (χ0) is 27.0. The maximum absolute atomic E-state index is 14.7. The molecule has 0 aromatic heterocycles. The van der Waals surface area contributed by atoms with Crippen molar-refractivity contribution in [3.05, 3.63) is 65.5 Å². The average Bonchev–Trinajstić information content (AvgIpc) is 2.83. The zero-order valence-electron chi connectivity index (χ0n) is 21.9. The van der Waals surface area contributed by atoms with Crippen LogP contribution in [0.4, 0.5) is 10.1 Å². The van der Waals surface area contributed by atoms with Crippen LogP contribution in [0.3, 0.4) is 0 Å². The standard InChI is InChI=1S/C26H37FN4O4S/c1-7-20(4)28-26(33)23(8-2)30(17-21-15-13-19(3)14-16-21)25(32)18-31(36(34,35)29(5)6)24-12-10-9-11-22(24)27/h9-16,20,23H,7-8,17-18H2,1-6H3,(H,28,33). The SMILES string of the molecule is CCC(C)NC(=O)C(CC)N(Cc1ccc(C)cc1)C(=O)CN(c1ccccc1F)S(=O)(=O)N(C)C. The number of anilines is 1. The van der Waals surface area contributed by atoms with E-state index in [2.05, 4.69) is 5.32 Å². The van der Waals surface area contributed by atoms with Gasteiger partial charge in [0.1, 0.15) is 18.4 Å². The number of halogens is 1. The van der Waals surface area contributed by atoms with Crippen molar-refractivity contribution in [1.82, 2.24) is 14.5 Å². The molecule has 10 heteroatoms. The summed E-state index contributed by atoms with van der Waals surface area (Å²) in [6, 6.07) is 12.0. The lowest BCUT2D eigenvalue weighted by Crippen LogP contribution is -2.54. The van der Waals surface area contributed by atoms with Crippen LogP contribution in [0.1, 0.15) is 44.7 Å². The Morgan fingerprint density at radius 3 is 2.14 bits per heavy atom. The minimum atomic E-state index is -4.22. The van der Waals surface area contributed by atoms with Gasteiger partial charge in [0.05, 0.1) is 5.69 Å². The molecule has 0 fully saturated rings. The summed E-state index contributed by atoms with van der Waals surface area (Å²) in [7, 11) is -1.60. The van der Waals surface area contributed by atoms with Crippen molar-refractivity contribution in [3.63, 3.8) is 0 Å². The van der Waals surface area contributed by atoms with E-state index in [1.165, 1.54) is 37.2 Å². The predicted octanol–water partition coefficient (Wildman–Crippen LogP) is 3.47. The summed E-state index contributed by atoms with van der Waals surface area (Å²) in [4.78, 5) is 28.3. The fourth-order valence-electron chi connectivity index (χ4n) is 3.61. The van der Waals surface area contributed by atoms with Crippen LogP contribution in [0.25, 0.3) is 0 Å². The van der Waals surface area contributed by atoms with Gasteiger partial charge in [-0.25, -0.2) is 8.70 Å². The normalized spacial score (nSPS) is 13.2. The molecule has 2 aromatic rings. The summed E-state index contributed by atoms with van der Waals surface area (Å²) in [6.45, 7) is 6.99. The van der Waals surface area contributed by atoms with Crippen LogP contribution in [0.5, 0.6) is 0 Å². The number of aryl methyl sites for hydroxylation is 1. The van der Waals surface area contributed by atoms with Gasteiger partial charge in [-0.15, -0.1) is 0 Å². The van der Waals surface area contributed by atoms with Crippen LogP contribution in [0.2, 0.25) is 0 Å². The summed E-state index contributed by atoms with van der Waals surface area (Å²) < 4.78 is 42.6. The first-order valence-corrected chi connectivity index (χ1v) is 13.4. The molecule has 2 rings (SSSR count). The van der Waals surface area contributed by atoms with Crippen molar-refractivity contribution in [2.75, 3.05) is 24.9 Å². The molecule has 0 aliphatic heterocycles. The highest BCUT2D eigenvalue weighted by Crippen LogP contribution is 2.24. The molecular weight excluding hydrogens is 483 g/mol. The molecule has 0 saturated carbocycles. The van der Waals surface area contributed by atoms with E-state index in [0.29, 0.717) is 6.42 Å². The number of hydrogen-bond acceptors (Lipinski definition) is 4. The summed E-state index contributed by atoms with van der Waals surface area (Å²) in [6.07, 6.45) is 1.04. The number of nitrogens with one attached hydrogen (secondary N) is 1. The number of hydrogen-bond donors (Lipinski definition) is 1. The zero-order valence-corrected chi connectivity index (χ0v) is 22.7. The van der Waals surface area contributed by atoms with Gasteiger partial charge in [-0.1, -0.05) is 55.8 Å². The maximum atomic E-state index is 14.7. The van der Waals surface area contributed by atoms with Gasteiger partial charge in [0.15, 0.2) is 0 Å². The van der Waals surface area contributed by atoms with E-state index in [-0.39, 0.29) is 24.2 Å². The van der Waals surface area contributed by atoms with E-state index in [9.17, 15) is 22.4 Å². The monoisotopic (exact) mass is 520 g/mol. The number of para-hydroxylation sites is 1. The van der Waals surface area contributed by atoms with Crippen molar-refractivity contribution in [1.29, 1.82) is 0 Å². The van der Waals surface area contributed by atoms with Crippen LogP contribution >= 0.6 is 0 Å². The summed E-state index contributed by atoms with van der Waals surface area (Å²) in [5.41, 5.74) is 1.59. The van der Waals surface area contributed by atoms with Crippen molar-refractivity contribution in [2.24, 2.45) is 0 Å². The molecule has 0 spiro atoms. The molecule has 198 valence electrons. The largest absolute Gasteiger partial charge is 0.352 e. The van der Waals surface area contributed by atoms with Gasteiger partial charge < -0.3 is 10.2 Å². The van der Waals surface area contributed by atoms with Gasteiger partial charge in [0, 0.05) is 26.7 Å². The lowest BCUT2D eigenvalue weighted by molar-refractivity contribution is -0.140. The van der Waals surface area contributed by atoms with Crippen molar-refractivity contribution in [3.8, 4) is 0 Å². The van der Waals surface area contributed by atoms with E-state index in [1.807, 2.05) is 45.0 Å². The maximum Gasteiger partial charge on any atom is 0.304 e. The average molecular weight is 521 g/mol. The van der Waals surface area contributed by atoms with Gasteiger partial charge in [0.25, 0.3) is 0 Å². The number of benzene rings is 2. The second-order valence-electron chi connectivity index (χ2n) is 9.00. The van der Waals surface area contributed by atoms with Gasteiger partial charge in [-0.05, 0) is 44.4 Å². The van der Waals surface area contributed by atoms with Crippen LogP contribution in [-0.4, -0.2) is 62.2 Å². The molecule has 0 bridgehead atoms. The molecule has 0 aliphatic rings. The lowest BCUT2D eigenvalue weighted by Gasteiger charge is -2.34. The molecule has 36 heavy (non-hydrogen) atoms. The number of carbonyl (C=O) groups excluding carboxylic acids is 2. The molecule has 2 atom stereocenters. The van der Waals surface area contributed by atoms with Crippen LogP contribution in [0, 0.1) is 12.7 Å². The highest BCUT2D eigenvalue weighted by Gasteiger charge is 2.34. The third-order valence-electron chi connectivity index (χ3n) is 6.00. The Morgan fingerprint density at radius 1 is 1.00 bits per heavy atom. The Labute approximate surface area is 214 Å². The van der Waals surface area contributed by atoms with Crippen LogP contribution in [0.15, 0.2) is 48.5 Å². The van der Waals surface area contributed by atoms with Gasteiger partial charge >= 0.3 is 10.2 Å². The fraction of sp³-hybridized carbons (Fsp3) is 0.462. The number of carbonyl (C=O) groups is 2. The summed E-state index contributed by atoms with van der Waals surface area (Å²) in [5.74, 6) is -1.71. The predicted molar refractivity (Wildman–Crippen MR) is 140 cm³/mol. The molecule has 0 heterocycles. The Hall–Kier alpha value is -2.98. The molecule has 2 amide bonds. The molecule has 0 saturated heterocycles. The van der Waals surface area contributed by atoms with Crippen molar-refractivity contribution >= 4 is 27.7 Å². The van der Waals surface area contributed by atoms with E-state index in [4.69, 9.17) is 0 Å². The molecule has 0 aliphatic carbocycles. The summed E-state index contributed by atoms with van der Waals surface area (Å²) in [5, 5.41) is 2.92. The van der Waals surface area contributed by atoms with Crippen molar-refractivity contribution in [2.45, 2.75) is 59.2 Å². The Balaban J connectivity index is 2.51. The number of nitrogens with zero attached hydrogens (tertiary/aromatic N) is 3. The van der Waals surface area contributed by atoms with Crippen LogP contribution < -0.4 is 9.62 Å². The number of amides is 2. The quantitative estimate of drug-likeness (QED) is 0.464. The smallest absolute Gasteiger partial charge is 0.304 e. The molecule has 2 unspecified atom stereocenters. The minimum Gasteiger partial charge on any atom is -0.352 e. The molecular formula is C26H37FN4O4S. The lowest BCUT2D eigenvalue weighted by atomic mass is 10.1. The second-order valence-corrected chi connectivity index (χ2v) is 11.1. The minimum absolute atomic E-state index is 0.0908. The van der Waals surface area contributed by atoms with E-state index < -0.39 is 34.5 Å². The Morgan fingerprint density at radius 2 is 1.61 bits per heavy atom. The number of rotatable bonds is 12. The first-order chi connectivity index (χ1) is 16.9. The van der Waals surface area contributed by atoms with E-state index in [1.54, 1.807) is 6.92 Å². The molecule has 2 aromatic carbocycles. The first kappa shape index (κ1) is 29.3. The summed E-state index contributed by atoms with van der Waals surface area (Å²) >= 11 is 0. The van der Waals surface area contributed by atoms with Crippen molar-refractivity contribution < 1.29 is 22.4 Å². The van der Waals surface area contributed by atoms with Gasteiger partial charge in [-0.3, -0.25) is 9.59 Å². The van der Waals surface area contributed by atoms with Crippen LogP contribution in [-0.2, 0) is 26.3 Å². The highest BCUT2D eigenvalue weighted by atomic mass is 32.2. The van der Waals surface area contributed by atoms with E-state index >= 15 is 0 Å². The third-order valence-corrected chi connectivity index (χ3v) is 7.81. The highest BCUT2D eigenvalue weighted by molar-refractivity contribution is 7.90. The first-order valence-electron chi connectivity index (χ1n) is 12.0. The fourth-order valence-corrected chi connectivity index (χ4v) is 4.67. The van der Waals surface area contributed by atoms with E-state index in [0.717, 1.165) is 32.2 Å². The topological polar surface area (TPSA) is 90.0 Å². The second kappa shape index (κ2) is 12.8. The Kier molecular flexibility index (Phi) is 10.4. The van der Waals surface area contributed by atoms with Gasteiger partial charge in [-0.2, -0.15) is 12.7 Å². The van der Waals surface area contributed by atoms with Gasteiger partial charge in [0.2, 0.25) is 11.8 Å². The Bertz CT molecular complexity index is 1140. The molecule has 0 radical (unpaired) electrons. The molecule has 8 nitrogen and oxygen atoms in total. The molecule has 1 N–H and O–H groups in total. The third kappa shape index (κ3) is 7.27.